The van der Waals surface area contributed by atoms with E-state index in [1.165, 1.54) is 25.7 Å². The molecule has 5 rings (SSSR count). The SMILES string of the molecule is Cc1nc(-c2nnn(C)c2Cn2ncc(CC3CCCC3)n2)ccc1O[C@H]1COC[C@H](C(=O)O)C1. The van der Waals surface area contributed by atoms with Crippen LogP contribution in [0.25, 0.3) is 11.4 Å². The summed E-state index contributed by atoms with van der Waals surface area (Å²) >= 11 is 0. The van der Waals surface area contributed by atoms with E-state index in [0.717, 1.165) is 23.7 Å². The van der Waals surface area contributed by atoms with Crippen LogP contribution in [0.2, 0.25) is 0 Å². The summed E-state index contributed by atoms with van der Waals surface area (Å²) < 4.78 is 13.2. The number of hydrogen-bond donors (Lipinski definition) is 1. The van der Waals surface area contributed by atoms with Gasteiger partial charge in [-0.25, -0.2) is 9.67 Å². The van der Waals surface area contributed by atoms with Crippen molar-refractivity contribution in [3.05, 3.63) is 35.4 Å². The maximum atomic E-state index is 11.3. The van der Waals surface area contributed by atoms with Gasteiger partial charge in [-0.1, -0.05) is 30.9 Å². The number of pyridine rings is 1. The second-order valence-electron chi connectivity index (χ2n) is 9.56. The maximum Gasteiger partial charge on any atom is 0.308 e. The summed E-state index contributed by atoms with van der Waals surface area (Å²) in [6.07, 6.45) is 8.12. The van der Waals surface area contributed by atoms with Gasteiger partial charge < -0.3 is 14.6 Å². The first kappa shape index (κ1) is 23.4. The number of ether oxygens (including phenoxy) is 2. The summed E-state index contributed by atoms with van der Waals surface area (Å²) in [4.78, 5) is 17.7. The topological polar surface area (TPSA) is 130 Å². The molecule has 11 heteroatoms. The van der Waals surface area contributed by atoms with Crippen LogP contribution < -0.4 is 4.74 Å². The highest BCUT2D eigenvalue weighted by molar-refractivity contribution is 5.70. The molecule has 2 fully saturated rings. The van der Waals surface area contributed by atoms with Crippen molar-refractivity contribution in [2.45, 2.75) is 58.1 Å². The Labute approximate surface area is 203 Å². The minimum atomic E-state index is -0.865. The molecule has 35 heavy (non-hydrogen) atoms. The molecular formula is C24H31N7O4. The van der Waals surface area contributed by atoms with Crippen molar-refractivity contribution >= 4 is 5.97 Å². The zero-order valence-electron chi connectivity index (χ0n) is 20.1. The average molecular weight is 482 g/mol. The third-order valence-corrected chi connectivity index (χ3v) is 6.88. The van der Waals surface area contributed by atoms with E-state index >= 15 is 0 Å². The van der Waals surface area contributed by atoms with Gasteiger partial charge in [-0.3, -0.25) is 4.79 Å². The summed E-state index contributed by atoms with van der Waals surface area (Å²) in [6.45, 7) is 2.88. The van der Waals surface area contributed by atoms with Crippen molar-refractivity contribution in [3.8, 4) is 17.1 Å². The smallest absolute Gasteiger partial charge is 0.308 e. The fraction of sp³-hybridized carbons (Fsp3) is 0.583. The summed E-state index contributed by atoms with van der Waals surface area (Å²) in [7, 11) is 1.85. The Balaban J connectivity index is 1.29. The third kappa shape index (κ3) is 5.34. The molecular weight excluding hydrogens is 450 g/mol. The molecule has 1 aliphatic heterocycles. The van der Waals surface area contributed by atoms with Gasteiger partial charge in [0.15, 0.2) is 0 Å². The summed E-state index contributed by atoms with van der Waals surface area (Å²) in [5, 5.41) is 27.0. The van der Waals surface area contributed by atoms with Gasteiger partial charge in [-0.15, -0.1) is 5.10 Å². The van der Waals surface area contributed by atoms with Crippen LogP contribution in [0.15, 0.2) is 18.3 Å². The Morgan fingerprint density at radius 2 is 2.09 bits per heavy atom. The Kier molecular flexibility index (Phi) is 6.76. The Morgan fingerprint density at radius 1 is 1.26 bits per heavy atom. The van der Waals surface area contributed by atoms with E-state index in [2.05, 4.69) is 20.5 Å². The van der Waals surface area contributed by atoms with Gasteiger partial charge in [0.25, 0.3) is 0 Å². The number of nitrogens with zero attached hydrogens (tertiary/aromatic N) is 7. The number of carbonyl (C=O) groups is 1. The lowest BCUT2D eigenvalue weighted by molar-refractivity contribution is -0.149. The summed E-state index contributed by atoms with van der Waals surface area (Å²) in [6, 6.07) is 3.68. The molecule has 1 saturated heterocycles. The number of aliphatic carboxylic acids is 1. The largest absolute Gasteiger partial charge is 0.486 e. The lowest BCUT2D eigenvalue weighted by Crippen LogP contribution is -2.37. The summed E-state index contributed by atoms with van der Waals surface area (Å²) in [5.41, 5.74) is 3.93. The molecule has 0 unspecified atom stereocenters. The van der Waals surface area contributed by atoms with E-state index in [4.69, 9.17) is 14.5 Å². The van der Waals surface area contributed by atoms with Crippen LogP contribution in [-0.4, -0.2) is 65.4 Å². The molecule has 1 saturated carbocycles. The molecule has 186 valence electrons. The number of carboxylic acids is 1. The summed E-state index contributed by atoms with van der Waals surface area (Å²) in [5.74, 6) is -0.102. The second-order valence-corrected chi connectivity index (χ2v) is 9.56. The van der Waals surface area contributed by atoms with E-state index in [9.17, 15) is 9.90 Å². The van der Waals surface area contributed by atoms with Crippen LogP contribution in [0.1, 0.15) is 49.2 Å². The molecule has 4 heterocycles. The highest BCUT2D eigenvalue weighted by atomic mass is 16.5. The minimum absolute atomic E-state index is 0.216. The minimum Gasteiger partial charge on any atom is -0.486 e. The number of hydrogen-bond acceptors (Lipinski definition) is 8. The molecule has 1 N–H and O–H groups in total. The molecule has 1 aliphatic carbocycles. The van der Waals surface area contributed by atoms with Gasteiger partial charge >= 0.3 is 5.97 Å². The Bertz CT molecular complexity index is 1180. The van der Waals surface area contributed by atoms with Gasteiger partial charge in [0.2, 0.25) is 0 Å². The molecule has 0 bridgehead atoms. The zero-order chi connectivity index (χ0) is 24.4. The van der Waals surface area contributed by atoms with Crippen LogP contribution in [0.4, 0.5) is 0 Å². The molecule has 11 nitrogen and oxygen atoms in total. The highest BCUT2D eigenvalue weighted by Crippen LogP contribution is 2.28. The van der Waals surface area contributed by atoms with E-state index in [0.29, 0.717) is 42.4 Å². The highest BCUT2D eigenvalue weighted by Gasteiger charge is 2.29. The molecule has 0 radical (unpaired) electrons. The van der Waals surface area contributed by atoms with Crippen LogP contribution in [0.5, 0.6) is 5.75 Å². The van der Waals surface area contributed by atoms with Crippen LogP contribution in [0.3, 0.4) is 0 Å². The predicted molar refractivity (Wildman–Crippen MR) is 125 cm³/mol. The van der Waals surface area contributed by atoms with Gasteiger partial charge in [-0.2, -0.15) is 15.0 Å². The fourth-order valence-corrected chi connectivity index (χ4v) is 4.93. The molecule has 2 aliphatic rings. The van der Waals surface area contributed by atoms with Crippen molar-refractivity contribution in [3.63, 3.8) is 0 Å². The molecule has 3 aromatic rings. The molecule has 0 amide bonds. The van der Waals surface area contributed by atoms with Crippen LogP contribution >= 0.6 is 0 Å². The first-order valence-electron chi connectivity index (χ1n) is 12.2. The van der Waals surface area contributed by atoms with Gasteiger partial charge in [0.1, 0.15) is 24.1 Å². The quantitative estimate of drug-likeness (QED) is 0.515. The zero-order valence-corrected chi connectivity index (χ0v) is 20.1. The first-order chi connectivity index (χ1) is 17.0. The van der Waals surface area contributed by atoms with E-state index in [-0.39, 0.29) is 12.7 Å². The molecule has 0 aromatic carbocycles. The van der Waals surface area contributed by atoms with Crippen molar-refractivity contribution in [2.24, 2.45) is 18.9 Å². The number of rotatable bonds is 8. The van der Waals surface area contributed by atoms with Crippen LogP contribution in [0, 0.1) is 18.8 Å². The van der Waals surface area contributed by atoms with Crippen LogP contribution in [-0.2, 0) is 29.5 Å². The fourth-order valence-electron chi connectivity index (χ4n) is 4.93. The third-order valence-electron chi connectivity index (χ3n) is 6.88. The number of carboxylic acid groups (broad SMARTS) is 1. The lowest BCUT2D eigenvalue weighted by atomic mass is 10.0. The Morgan fingerprint density at radius 3 is 2.86 bits per heavy atom. The van der Waals surface area contributed by atoms with Crippen molar-refractivity contribution < 1.29 is 19.4 Å². The van der Waals surface area contributed by atoms with Crippen molar-refractivity contribution in [1.82, 2.24) is 35.0 Å². The predicted octanol–water partition coefficient (Wildman–Crippen LogP) is 2.43. The maximum absolute atomic E-state index is 11.3. The van der Waals surface area contributed by atoms with E-state index in [1.54, 1.807) is 9.48 Å². The first-order valence-corrected chi connectivity index (χ1v) is 12.2. The van der Waals surface area contributed by atoms with Gasteiger partial charge in [-0.05, 0) is 31.4 Å². The molecule has 2 atom stereocenters. The second kappa shape index (κ2) is 10.1. The van der Waals surface area contributed by atoms with Crippen molar-refractivity contribution in [2.75, 3.05) is 13.2 Å². The standard InChI is InChI=1S/C24H31N7O4/c1-15-22(35-19-10-17(24(32)33)13-34-14-19)8-7-20(26-15)23-21(30(2)29-27-23)12-31-25-11-18(28-31)9-16-5-3-4-6-16/h7-8,11,16-17,19H,3-6,9-10,12-14H2,1-2H3,(H,32,33)/t17-,19-/m1/s1. The lowest BCUT2D eigenvalue weighted by Gasteiger charge is -2.27. The normalized spacial score (nSPS) is 20.9. The van der Waals surface area contributed by atoms with E-state index < -0.39 is 11.9 Å². The molecule has 3 aromatic heterocycles. The Hall–Kier alpha value is -3.34. The number of aryl methyl sites for hydroxylation is 2. The molecule has 0 spiro atoms. The van der Waals surface area contributed by atoms with Crippen molar-refractivity contribution in [1.29, 1.82) is 0 Å². The van der Waals surface area contributed by atoms with E-state index in [1.807, 2.05) is 32.3 Å². The average Bonchev–Trinajstić information content (AvgIpc) is 3.59. The monoisotopic (exact) mass is 481 g/mol. The van der Waals surface area contributed by atoms with Gasteiger partial charge in [0, 0.05) is 13.5 Å². The number of aromatic nitrogens is 7. The van der Waals surface area contributed by atoms with Gasteiger partial charge in [0.05, 0.1) is 48.1 Å².